The molecule has 19 heavy (non-hydrogen) atoms. The normalized spacial score (nSPS) is 22.9. The van der Waals surface area contributed by atoms with Crippen molar-refractivity contribution in [3.8, 4) is 0 Å². The van der Waals surface area contributed by atoms with Crippen LogP contribution in [0.4, 0.5) is 0 Å². The minimum Gasteiger partial charge on any atom is -0.0761 e. The molecule has 0 heterocycles. The van der Waals surface area contributed by atoms with Gasteiger partial charge < -0.3 is 0 Å². The van der Waals surface area contributed by atoms with Gasteiger partial charge in [0.05, 0.1) is 0 Å². The average Bonchev–Trinajstić information content (AvgIpc) is 2.96. The lowest BCUT2D eigenvalue weighted by Gasteiger charge is -2.25. The molecule has 0 fully saturated rings. The number of fused-ring (bicyclic) bond motifs is 2. The summed E-state index contributed by atoms with van der Waals surface area (Å²) in [5, 5.41) is 0. The molecule has 3 rings (SSSR count). The maximum absolute atomic E-state index is 2.53. The number of hydrogen-bond acceptors (Lipinski definition) is 0. The third-order valence-corrected chi connectivity index (χ3v) is 5.60. The minimum absolute atomic E-state index is 0.550. The molecule has 0 nitrogen and oxygen atoms in total. The summed E-state index contributed by atoms with van der Waals surface area (Å²) in [7, 11) is 0. The molecule has 2 aliphatic rings. The second-order valence-electron chi connectivity index (χ2n) is 6.94. The molecule has 0 spiro atoms. The van der Waals surface area contributed by atoms with Gasteiger partial charge in [-0.3, -0.25) is 0 Å². The van der Waals surface area contributed by atoms with E-state index in [9.17, 15) is 0 Å². The first-order chi connectivity index (χ1) is 9.08. The fourth-order valence-electron chi connectivity index (χ4n) is 4.00. The van der Waals surface area contributed by atoms with Gasteiger partial charge in [0, 0.05) is 5.92 Å². The summed E-state index contributed by atoms with van der Waals surface area (Å²) in [6.45, 7) is 9.39. The molecule has 0 N–H and O–H groups in total. The van der Waals surface area contributed by atoms with Gasteiger partial charge in [-0.2, -0.15) is 0 Å². The quantitative estimate of drug-likeness (QED) is 0.681. The van der Waals surface area contributed by atoms with Crippen LogP contribution < -0.4 is 0 Å². The molecule has 1 unspecified atom stereocenters. The molecule has 0 aromatic heterocycles. The standard InChI is InChI=1S/C19H26/c1-5-19(6-2)11-15-9-14-7-8-17(13(3)4)18(14)10-16(15)12-19/h7-10,13,17H,5-6,11-12H2,1-4H3. The maximum Gasteiger partial charge on any atom is 0.00503 e. The van der Waals surface area contributed by atoms with E-state index in [2.05, 4.69) is 52.0 Å². The summed E-state index contributed by atoms with van der Waals surface area (Å²) >= 11 is 0. The van der Waals surface area contributed by atoms with Crippen LogP contribution in [-0.4, -0.2) is 0 Å². The summed E-state index contributed by atoms with van der Waals surface area (Å²) in [5.41, 5.74) is 6.87. The largest absolute Gasteiger partial charge is 0.0761 e. The third kappa shape index (κ3) is 1.96. The SMILES string of the molecule is CCC1(CC)Cc2cc3c(cc2C1)C(C(C)C)C=C3. The molecule has 0 heteroatoms. The highest BCUT2D eigenvalue weighted by atomic mass is 14.4. The van der Waals surface area contributed by atoms with Crippen molar-refractivity contribution in [2.24, 2.45) is 11.3 Å². The van der Waals surface area contributed by atoms with E-state index in [1.807, 2.05) is 0 Å². The highest BCUT2D eigenvalue weighted by Crippen LogP contribution is 2.45. The van der Waals surface area contributed by atoms with Crippen molar-refractivity contribution < 1.29 is 0 Å². The number of allylic oxidation sites excluding steroid dienone is 1. The van der Waals surface area contributed by atoms with E-state index in [1.165, 1.54) is 31.2 Å². The molecule has 1 aromatic rings. The summed E-state index contributed by atoms with van der Waals surface area (Å²) in [6, 6.07) is 5.01. The number of hydrogen-bond donors (Lipinski definition) is 0. The molecule has 2 aliphatic carbocycles. The van der Waals surface area contributed by atoms with Crippen molar-refractivity contribution in [1.82, 2.24) is 0 Å². The van der Waals surface area contributed by atoms with Gasteiger partial charge in [0.15, 0.2) is 0 Å². The molecule has 1 aromatic carbocycles. The predicted octanol–water partition coefficient (Wildman–Crippen LogP) is 5.36. The zero-order chi connectivity index (χ0) is 13.6. The van der Waals surface area contributed by atoms with Crippen LogP contribution in [0.5, 0.6) is 0 Å². The molecule has 0 bridgehead atoms. The van der Waals surface area contributed by atoms with Crippen molar-refractivity contribution in [2.75, 3.05) is 0 Å². The molecule has 0 aliphatic heterocycles. The molecular weight excluding hydrogens is 228 g/mol. The Balaban J connectivity index is 1.99. The van der Waals surface area contributed by atoms with Gasteiger partial charge in [0.2, 0.25) is 0 Å². The van der Waals surface area contributed by atoms with E-state index in [-0.39, 0.29) is 0 Å². The fraction of sp³-hybridized carbons (Fsp3) is 0.579. The van der Waals surface area contributed by atoms with Gasteiger partial charge >= 0.3 is 0 Å². The second-order valence-corrected chi connectivity index (χ2v) is 6.94. The molecule has 0 amide bonds. The Kier molecular flexibility index (Phi) is 3.08. The maximum atomic E-state index is 2.53. The second kappa shape index (κ2) is 4.51. The minimum atomic E-state index is 0.550. The third-order valence-electron chi connectivity index (χ3n) is 5.60. The Morgan fingerprint density at radius 2 is 1.74 bits per heavy atom. The Hall–Kier alpha value is -1.04. The van der Waals surface area contributed by atoms with E-state index >= 15 is 0 Å². The van der Waals surface area contributed by atoms with Crippen molar-refractivity contribution in [2.45, 2.75) is 59.3 Å². The first kappa shape index (κ1) is 13.0. The lowest BCUT2D eigenvalue weighted by atomic mass is 9.80. The highest BCUT2D eigenvalue weighted by molar-refractivity contribution is 5.65. The van der Waals surface area contributed by atoms with Crippen LogP contribution in [-0.2, 0) is 12.8 Å². The van der Waals surface area contributed by atoms with Crippen LogP contribution in [0.1, 0.15) is 68.7 Å². The summed E-state index contributed by atoms with van der Waals surface area (Å²) < 4.78 is 0. The van der Waals surface area contributed by atoms with Gasteiger partial charge in [0.25, 0.3) is 0 Å². The predicted molar refractivity (Wildman–Crippen MR) is 83.5 cm³/mol. The highest BCUT2D eigenvalue weighted by Gasteiger charge is 2.35. The topological polar surface area (TPSA) is 0 Å². The molecule has 102 valence electrons. The van der Waals surface area contributed by atoms with Gasteiger partial charge in [-0.1, -0.05) is 52.0 Å². The molecule has 0 radical (unpaired) electrons. The summed E-state index contributed by atoms with van der Waals surface area (Å²) in [6.07, 6.45) is 9.96. The lowest BCUT2D eigenvalue weighted by molar-refractivity contribution is 0.280. The van der Waals surface area contributed by atoms with E-state index in [0.29, 0.717) is 17.3 Å². The Bertz CT molecular complexity index is 515. The van der Waals surface area contributed by atoms with Gasteiger partial charge in [0.1, 0.15) is 0 Å². The monoisotopic (exact) mass is 254 g/mol. The van der Waals surface area contributed by atoms with E-state index < -0.39 is 0 Å². The first-order valence-electron chi connectivity index (χ1n) is 7.92. The van der Waals surface area contributed by atoms with Crippen molar-refractivity contribution in [1.29, 1.82) is 0 Å². The molecule has 0 saturated carbocycles. The van der Waals surface area contributed by atoms with E-state index in [1.54, 1.807) is 16.7 Å². The fourth-order valence-corrected chi connectivity index (χ4v) is 4.00. The Labute approximate surface area is 117 Å². The van der Waals surface area contributed by atoms with Crippen LogP contribution in [0.15, 0.2) is 18.2 Å². The smallest absolute Gasteiger partial charge is 0.00503 e. The van der Waals surface area contributed by atoms with Crippen LogP contribution in [0.25, 0.3) is 6.08 Å². The van der Waals surface area contributed by atoms with E-state index in [0.717, 1.165) is 0 Å². The van der Waals surface area contributed by atoms with Crippen LogP contribution >= 0.6 is 0 Å². The zero-order valence-corrected chi connectivity index (χ0v) is 12.8. The molecule has 0 saturated heterocycles. The lowest BCUT2D eigenvalue weighted by Crippen LogP contribution is -2.18. The molecular formula is C19H26. The van der Waals surface area contributed by atoms with Crippen LogP contribution in [0.3, 0.4) is 0 Å². The first-order valence-corrected chi connectivity index (χ1v) is 7.92. The average molecular weight is 254 g/mol. The van der Waals surface area contributed by atoms with Crippen molar-refractivity contribution in [3.63, 3.8) is 0 Å². The number of benzene rings is 1. The van der Waals surface area contributed by atoms with Crippen molar-refractivity contribution >= 4 is 6.08 Å². The summed E-state index contributed by atoms with van der Waals surface area (Å²) in [5.74, 6) is 1.35. The zero-order valence-electron chi connectivity index (χ0n) is 12.8. The van der Waals surface area contributed by atoms with Gasteiger partial charge in [-0.05, 0) is 59.3 Å². The van der Waals surface area contributed by atoms with Gasteiger partial charge in [-0.25, -0.2) is 0 Å². The van der Waals surface area contributed by atoms with Gasteiger partial charge in [-0.15, -0.1) is 0 Å². The summed E-state index contributed by atoms with van der Waals surface area (Å²) in [4.78, 5) is 0. The van der Waals surface area contributed by atoms with E-state index in [4.69, 9.17) is 0 Å². The van der Waals surface area contributed by atoms with Crippen LogP contribution in [0.2, 0.25) is 0 Å². The number of rotatable bonds is 3. The van der Waals surface area contributed by atoms with Crippen molar-refractivity contribution in [3.05, 3.63) is 40.5 Å². The van der Waals surface area contributed by atoms with Crippen LogP contribution in [0, 0.1) is 11.3 Å². The Morgan fingerprint density at radius 3 is 2.32 bits per heavy atom. The molecule has 1 atom stereocenters. The Morgan fingerprint density at radius 1 is 1.11 bits per heavy atom.